The molecule has 1 aliphatic rings. The molecular formula is C22H19Cl2N3Ti. The molecule has 0 unspecified atom stereocenters. The van der Waals surface area contributed by atoms with Gasteiger partial charge in [-0.3, -0.25) is 6.08 Å². The van der Waals surface area contributed by atoms with Gasteiger partial charge in [0.05, 0.1) is 0 Å². The Hall–Kier alpha value is -1.78. The molecule has 5 rings (SSSR count). The van der Waals surface area contributed by atoms with Gasteiger partial charge in [-0.25, -0.2) is 11.1 Å². The van der Waals surface area contributed by atoms with Crippen LogP contribution >= 0.6 is 0 Å². The number of rotatable bonds is 1. The van der Waals surface area contributed by atoms with Crippen LogP contribution in [0.3, 0.4) is 0 Å². The van der Waals surface area contributed by atoms with Gasteiger partial charge in [-0.1, -0.05) is 25.1 Å². The molecule has 1 heterocycles. The van der Waals surface area contributed by atoms with Crippen molar-refractivity contribution in [2.45, 2.75) is 20.3 Å². The predicted octanol–water partition coefficient (Wildman–Crippen LogP) is -0.616. The summed E-state index contributed by atoms with van der Waals surface area (Å²) in [5.41, 5.74) is 5.55. The molecule has 0 N–H and O–H groups in total. The van der Waals surface area contributed by atoms with Gasteiger partial charge in [0.15, 0.2) is 0 Å². The second kappa shape index (κ2) is 10.7. The van der Waals surface area contributed by atoms with Gasteiger partial charge in [0.2, 0.25) is 0 Å². The van der Waals surface area contributed by atoms with Gasteiger partial charge in [-0.2, -0.15) is 10.9 Å². The second-order valence-electron chi connectivity index (χ2n) is 6.21. The Morgan fingerprint density at radius 2 is 1.54 bits per heavy atom. The summed E-state index contributed by atoms with van der Waals surface area (Å²) in [6.45, 7) is 4.22. The van der Waals surface area contributed by atoms with E-state index in [4.69, 9.17) is 0 Å². The van der Waals surface area contributed by atoms with Gasteiger partial charge in [0, 0.05) is 0 Å². The fourth-order valence-electron chi connectivity index (χ4n) is 2.87. The number of aromatic nitrogens is 3. The van der Waals surface area contributed by atoms with E-state index in [9.17, 15) is 0 Å². The Bertz CT molecular complexity index is 955. The van der Waals surface area contributed by atoms with Crippen molar-refractivity contribution in [1.29, 1.82) is 0 Å². The van der Waals surface area contributed by atoms with Crippen LogP contribution < -0.4 is 24.8 Å². The molecule has 0 aliphatic heterocycles. The Labute approximate surface area is 192 Å². The zero-order valence-corrected chi connectivity index (χ0v) is 18.7. The molecule has 0 radical (unpaired) electrons. The first-order chi connectivity index (χ1) is 12.2. The first kappa shape index (κ1) is 24.3. The van der Waals surface area contributed by atoms with Crippen LogP contribution in [-0.4, -0.2) is 15.0 Å². The van der Waals surface area contributed by atoms with Crippen LogP contribution in [-0.2, 0) is 21.7 Å². The topological polar surface area (TPSA) is 30.7 Å². The molecule has 3 aromatic carbocycles. The third-order valence-electron chi connectivity index (χ3n) is 4.49. The van der Waals surface area contributed by atoms with E-state index >= 15 is 0 Å². The van der Waals surface area contributed by atoms with E-state index in [1.165, 1.54) is 21.9 Å². The quantitative estimate of drug-likeness (QED) is 0.290. The smallest absolute Gasteiger partial charge is 1.00 e. The molecule has 6 heteroatoms. The van der Waals surface area contributed by atoms with Crippen molar-refractivity contribution >= 4 is 21.8 Å². The molecule has 1 aliphatic carbocycles. The van der Waals surface area contributed by atoms with E-state index in [-0.39, 0.29) is 46.5 Å². The molecule has 28 heavy (non-hydrogen) atoms. The Balaban J connectivity index is 0.000000341. The number of allylic oxidation sites excluding steroid dienone is 4. The van der Waals surface area contributed by atoms with E-state index in [1.807, 2.05) is 36.4 Å². The molecule has 0 bridgehead atoms. The van der Waals surface area contributed by atoms with E-state index in [0.717, 1.165) is 23.1 Å². The largest absolute Gasteiger partial charge is 4.00 e. The average Bonchev–Trinajstić information content (AvgIpc) is 3.33. The molecule has 0 saturated carbocycles. The van der Waals surface area contributed by atoms with Crippen LogP contribution in [0.15, 0.2) is 77.9 Å². The first-order valence-electron chi connectivity index (χ1n) is 8.43. The van der Waals surface area contributed by atoms with Crippen molar-refractivity contribution in [3.8, 4) is 5.69 Å². The van der Waals surface area contributed by atoms with Crippen molar-refractivity contribution < 1.29 is 46.5 Å². The maximum atomic E-state index is 4.48. The number of hydrogen-bond donors (Lipinski definition) is 0. The third kappa shape index (κ3) is 5.18. The molecule has 3 nitrogen and oxygen atoms in total. The van der Waals surface area contributed by atoms with E-state index in [0.29, 0.717) is 0 Å². The summed E-state index contributed by atoms with van der Waals surface area (Å²) in [7, 11) is 0. The molecule has 0 spiro atoms. The predicted molar refractivity (Wildman–Crippen MR) is 103 cm³/mol. The fraction of sp³-hybridized carbons (Fsp3) is 0.136. The SMILES string of the molecule is CC1=[C-]CC=C1C.[Cl-].[Cl-].[Ti+4].c1ccc2[cH-]c(-n3nc4ccccc4n3)cc2c1. The van der Waals surface area contributed by atoms with Crippen molar-refractivity contribution in [2.24, 2.45) is 0 Å². The van der Waals surface area contributed by atoms with Crippen LogP contribution in [0.5, 0.6) is 0 Å². The summed E-state index contributed by atoms with van der Waals surface area (Å²) in [6.07, 6.45) is 6.41. The maximum Gasteiger partial charge on any atom is 4.00 e. The van der Waals surface area contributed by atoms with E-state index in [1.54, 1.807) is 4.80 Å². The van der Waals surface area contributed by atoms with Gasteiger partial charge in [-0.15, -0.1) is 64.6 Å². The second-order valence-corrected chi connectivity index (χ2v) is 6.21. The van der Waals surface area contributed by atoms with Crippen LogP contribution in [0.2, 0.25) is 0 Å². The number of benzene rings is 2. The molecule has 4 aromatic rings. The van der Waals surface area contributed by atoms with Crippen molar-refractivity contribution in [3.05, 3.63) is 84.0 Å². The van der Waals surface area contributed by atoms with Crippen LogP contribution in [0.25, 0.3) is 27.5 Å². The van der Waals surface area contributed by atoms with Crippen LogP contribution in [0, 0.1) is 6.08 Å². The van der Waals surface area contributed by atoms with E-state index in [2.05, 4.69) is 60.5 Å². The first-order valence-corrected chi connectivity index (χ1v) is 8.43. The maximum absolute atomic E-state index is 4.48. The zero-order valence-electron chi connectivity index (χ0n) is 15.7. The standard InChI is InChI=1S/C15H10N3.C7H9.2ClH.Ti/c1-2-6-12-10-13(9-11(12)5-1)18-16-14-7-3-4-8-15(14)17-18;1-6-4-3-5-7(6)2;;;/h1-10H;4H,3H2,1-2H3;2*1H;/q2*-1;;;+4/p-2. The minimum atomic E-state index is 0. The third-order valence-corrected chi connectivity index (χ3v) is 4.49. The number of halogens is 2. The molecule has 0 saturated heterocycles. The number of fused-ring (bicyclic) bond motifs is 2. The van der Waals surface area contributed by atoms with Crippen LogP contribution in [0.4, 0.5) is 0 Å². The van der Waals surface area contributed by atoms with Crippen molar-refractivity contribution in [3.63, 3.8) is 0 Å². The van der Waals surface area contributed by atoms with Gasteiger partial charge in [0.1, 0.15) is 11.0 Å². The minimum absolute atomic E-state index is 0. The molecule has 0 fully saturated rings. The number of nitrogens with zero attached hydrogens (tertiary/aromatic N) is 3. The van der Waals surface area contributed by atoms with Gasteiger partial charge >= 0.3 is 21.7 Å². The summed E-state index contributed by atoms with van der Waals surface area (Å²) in [5, 5.41) is 11.4. The number of hydrogen-bond acceptors (Lipinski definition) is 2. The van der Waals surface area contributed by atoms with Gasteiger partial charge in [0.25, 0.3) is 0 Å². The summed E-state index contributed by atoms with van der Waals surface area (Å²) in [4.78, 5) is 1.70. The van der Waals surface area contributed by atoms with Gasteiger partial charge < -0.3 is 24.8 Å². The Morgan fingerprint density at radius 1 is 0.929 bits per heavy atom. The van der Waals surface area contributed by atoms with E-state index < -0.39 is 0 Å². The molecular weight excluding hydrogens is 425 g/mol. The summed E-state index contributed by atoms with van der Waals surface area (Å²) in [6, 6.07) is 20.4. The van der Waals surface area contributed by atoms with Crippen LogP contribution in [0.1, 0.15) is 20.3 Å². The summed E-state index contributed by atoms with van der Waals surface area (Å²) >= 11 is 0. The summed E-state index contributed by atoms with van der Waals surface area (Å²) in [5.74, 6) is 0. The van der Waals surface area contributed by atoms with Crippen molar-refractivity contribution in [2.75, 3.05) is 0 Å². The molecule has 1 aromatic heterocycles. The monoisotopic (exact) mass is 443 g/mol. The zero-order chi connectivity index (χ0) is 17.2. The Morgan fingerprint density at radius 3 is 2.04 bits per heavy atom. The Kier molecular flexibility index (Phi) is 9.26. The van der Waals surface area contributed by atoms with Crippen molar-refractivity contribution in [1.82, 2.24) is 15.0 Å². The average molecular weight is 444 g/mol. The molecule has 0 atom stereocenters. The molecule has 140 valence electrons. The normalized spacial score (nSPS) is 12.1. The van der Waals surface area contributed by atoms with Gasteiger partial charge in [-0.05, 0) is 17.8 Å². The fourth-order valence-corrected chi connectivity index (χ4v) is 2.87. The molecule has 0 amide bonds. The minimum Gasteiger partial charge on any atom is -1.00 e. The summed E-state index contributed by atoms with van der Waals surface area (Å²) < 4.78 is 0.